The summed E-state index contributed by atoms with van der Waals surface area (Å²) in [7, 11) is -0.758. The molecule has 3 aliphatic heterocycles. The molecule has 28 nitrogen and oxygen atoms in total. The van der Waals surface area contributed by atoms with Crippen LogP contribution < -0.4 is 53.0 Å². The fourth-order valence-corrected chi connectivity index (χ4v) is 11.9. The molecule has 4 heterocycles. The molecule has 2 bridgehead atoms. The van der Waals surface area contributed by atoms with Gasteiger partial charge in [-0.05, 0) is 55.7 Å². The summed E-state index contributed by atoms with van der Waals surface area (Å²) in [6.45, 7) is 2.75. The molecule has 12 atom stereocenters. The van der Waals surface area contributed by atoms with Gasteiger partial charge in [0, 0.05) is 69.6 Å². The average molecular weight is 1200 g/mol. The Morgan fingerprint density at radius 1 is 0.845 bits per heavy atom. The summed E-state index contributed by atoms with van der Waals surface area (Å²) < 4.78 is 21.2. The first-order chi connectivity index (χ1) is 40.1. The second-order valence-electron chi connectivity index (χ2n) is 21.9. The van der Waals surface area contributed by atoms with Gasteiger partial charge in [0.15, 0.2) is 12.0 Å². The zero-order valence-corrected chi connectivity index (χ0v) is 49.0. The monoisotopic (exact) mass is 1200 g/mol. The number of amides is 9. The van der Waals surface area contributed by atoms with Crippen LogP contribution in [-0.4, -0.2) is 194 Å². The molecule has 15 N–H and O–H groups in total. The Kier molecular flexibility index (Phi) is 27.4. The molecule has 2 aromatic rings. The second kappa shape index (κ2) is 33.8. The van der Waals surface area contributed by atoms with Crippen molar-refractivity contribution in [3.05, 3.63) is 23.8 Å². The van der Waals surface area contributed by atoms with Crippen LogP contribution >= 0.6 is 0 Å². The van der Waals surface area contributed by atoms with E-state index in [9.17, 15) is 68.5 Å². The quantitative estimate of drug-likeness (QED) is 0.0322. The molecule has 0 radical (unpaired) electrons. The molecule has 3 aliphatic rings. The fraction of sp³-hybridized carbons (Fsp3) is 0.673. The molecule has 468 valence electrons. The van der Waals surface area contributed by atoms with Crippen LogP contribution in [0.25, 0.3) is 10.9 Å². The number of ketones is 1. The van der Waals surface area contributed by atoms with Gasteiger partial charge < -0.3 is 72.9 Å². The molecular formula is C55H85N11O17S. The van der Waals surface area contributed by atoms with Crippen molar-refractivity contribution < 1.29 is 82.4 Å². The maximum atomic E-state index is 15.1. The van der Waals surface area contributed by atoms with E-state index in [2.05, 4.69) is 47.5 Å². The van der Waals surface area contributed by atoms with E-state index in [0.717, 1.165) is 49.8 Å². The zero-order chi connectivity index (χ0) is 61.6. The summed E-state index contributed by atoms with van der Waals surface area (Å²) in [5, 5.41) is 63.7. The molecule has 0 spiro atoms. The van der Waals surface area contributed by atoms with Crippen LogP contribution in [0.4, 0.5) is 0 Å². The first kappa shape index (κ1) is 68.2. The van der Waals surface area contributed by atoms with E-state index in [0.29, 0.717) is 48.9 Å². The molecule has 1 aromatic carbocycles. The van der Waals surface area contributed by atoms with Crippen LogP contribution in [0.3, 0.4) is 0 Å². The maximum absolute atomic E-state index is 15.1. The number of carbonyl (C=O) groups is 10. The largest absolute Gasteiger partial charge is 0.494 e. The highest BCUT2D eigenvalue weighted by Crippen LogP contribution is 2.32. The molecular weight excluding hydrogens is 1120 g/mol. The lowest BCUT2D eigenvalue weighted by molar-refractivity contribution is -0.298. The smallest absolute Gasteiger partial charge is 0.243 e. The van der Waals surface area contributed by atoms with Crippen molar-refractivity contribution in [2.24, 2.45) is 23.5 Å². The van der Waals surface area contributed by atoms with Crippen molar-refractivity contribution in [2.45, 2.75) is 171 Å². The van der Waals surface area contributed by atoms with Crippen molar-refractivity contribution in [1.82, 2.24) is 52.4 Å². The van der Waals surface area contributed by atoms with E-state index < -0.39 is 176 Å². The molecule has 1 aromatic heterocycles. The fourth-order valence-electron chi connectivity index (χ4n) is 10.4. The highest BCUT2D eigenvalue weighted by atomic mass is 32.2. The number of aliphatic hydroxyl groups excluding tert-OH is 3. The molecule has 12 unspecified atom stereocenters. The van der Waals surface area contributed by atoms with Gasteiger partial charge in [0.1, 0.15) is 22.9 Å². The van der Waals surface area contributed by atoms with Crippen molar-refractivity contribution >= 4 is 80.7 Å². The van der Waals surface area contributed by atoms with Gasteiger partial charge in [0.25, 0.3) is 0 Å². The van der Waals surface area contributed by atoms with Crippen LogP contribution in [0.15, 0.2) is 23.2 Å². The van der Waals surface area contributed by atoms with Crippen molar-refractivity contribution in [3.8, 4) is 5.75 Å². The van der Waals surface area contributed by atoms with Gasteiger partial charge in [-0.3, -0.25) is 62.7 Å². The third kappa shape index (κ3) is 20.0. The Morgan fingerprint density at radius 2 is 1.51 bits per heavy atom. The van der Waals surface area contributed by atoms with Crippen molar-refractivity contribution in [2.75, 3.05) is 52.2 Å². The van der Waals surface area contributed by atoms with Gasteiger partial charge in [-0.25, -0.2) is 4.89 Å². The minimum absolute atomic E-state index is 0.000545. The Labute approximate surface area is 489 Å². The van der Waals surface area contributed by atoms with E-state index >= 15 is 4.21 Å². The highest BCUT2D eigenvalue weighted by molar-refractivity contribution is 7.85. The minimum atomic E-state index is -2.36. The summed E-state index contributed by atoms with van der Waals surface area (Å²) in [4.78, 5) is 145. The van der Waals surface area contributed by atoms with Crippen molar-refractivity contribution in [3.63, 3.8) is 0 Å². The first-order valence-electron chi connectivity index (χ1n) is 28.8. The van der Waals surface area contributed by atoms with Crippen LogP contribution in [0, 0.1) is 17.8 Å². The number of ether oxygens (including phenoxy) is 1. The molecule has 1 saturated heterocycles. The Bertz CT molecular complexity index is 2660. The van der Waals surface area contributed by atoms with E-state index in [1.54, 1.807) is 39.1 Å². The topological polar surface area (TPSA) is 428 Å². The maximum Gasteiger partial charge on any atom is 0.243 e. The number of hydrogen-bond acceptors (Lipinski definition) is 18. The number of hydrogen-bond donors (Lipinski definition) is 14. The number of nitrogens with two attached hydrogens (primary N) is 1. The predicted octanol–water partition coefficient (Wildman–Crippen LogP) is -2.10. The van der Waals surface area contributed by atoms with Gasteiger partial charge in [-0.1, -0.05) is 52.9 Å². The Morgan fingerprint density at radius 3 is 2.18 bits per heavy atom. The van der Waals surface area contributed by atoms with E-state index in [4.69, 9.17) is 15.4 Å². The summed E-state index contributed by atoms with van der Waals surface area (Å²) in [6, 6.07) is -2.87. The number of aliphatic hydroxyl groups is 3. The van der Waals surface area contributed by atoms with Gasteiger partial charge in [-0.2, -0.15) is 0 Å². The Hall–Kier alpha value is -6.63. The summed E-state index contributed by atoms with van der Waals surface area (Å²) in [6.07, 6.45) is 0.395. The second-order valence-corrected chi connectivity index (χ2v) is 23.3. The van der Waals surface area contributed by atoms with Gasteiger partial charge >= 0.3 is 0 Å². The number of nitrogens with zero attached hydrogens (tertiary/aromatic N) is 1. The number of aromatic nitrogens is 1. The number of rotatable bonds is 23. The number of unbranched alkanes of at least 4 members (excludes halogenated alkanes) is 6. The third-order valence-corrected chi connectivity index (χ3v) is 17.0. The van der Waals surface area contributed by atoms with Gasteiger partial charge in [0.2, 0.25) is 53.2 Å². The Balaban J connectivity index is 1.52. The number of aromatic amines is 1. The lowest BCUT2D eigenvalue weighted by atomic mass is 9.92. The summed E-state index contributed by atoms with van der Waals surface area (Å²) in [5.74, 6) is -11.3. The number of primary amides is 1. The van der Waals surface area contributed by atoms with Crippen LogP contribution in [0.5, 0.6) is 5.75 Å². The summed E-state index contributed by atoms with van der Waals surface area (Å²) in [5.41, 5.74) is 6.09. The highest BCUT2D eigenvalue weighted by Gasteiger charge is 2.46. The predicted molar refractivity (Wildman–Crippen MR) is 303 cm³/mol. The van der Waals surface area contributed by atoms with Gasteiger partial charge in [0.05, 0.1) is 84.6 Å². The van der Waals surface area contributed by atoms with Crippen LogP contribution in [-0.2, 0) is 70.1 Å². The van der Waals surface area contributed by atoms with Gasteiger partial charge in [-0.15, -0.1) is 0 Å². The number of Topliss-reactive ketones (excluding diaryl/α,β-unsaturated/α-hetero) is 1. The minimum Gasteiger partial charge on any atom is -0.494 e. The third-order valence-electron chi connectivity index (χ3n) is 15.6. The standard InChI is InChI=1S/C55H85N11O17S/c1-5-30(2)48-51(77)60-25-46(74)61-39-29-84(81)54-36(35-17-16-34(23-37(35)63-54)82-19-13-9-8-12-18-58-45(73)15-11-7-6-10-14-44(72)57-4)24-38(50(76)59-26-47(75)64-48)62-52(78)49(31(3)42(70)28-67)65-53(83-80)40-22-33(68)27-66(40)55(79)32(20-41(39)69)21-43(56)71/h16-17,23,30-33,38-40,42,48-49,53,63,65,67-68,70,80H,5-15,18-22,24-29H2,1-4H3,(H2,56,71)(H,57,72)(H,58,73)(H,59,76)(H,60,77)(H,61,74)(H,62,78)(H,64,75). The SMILES string of the molecule is CCC(C)C1NC(=O)CNC(=O)C2Cc3c([nH]c4cc(OCCCCCCNC(=O)CCCCCCC(=O)NC)ccc34)S(=O)CC(NC(=O)CNC1=O)C(=O)CC(CC(N)=O)C(=O)N1CC(O)CC1C(OO)NC(C(C)C(O)CO)C(=O)N2. The number of nitrogens with one attached hydrogen (secondary N) is 9. The van der Waals surface area contributed by atoms with E-state index in [1.807, 2.05) is 0 Å². The van der Waals surface area contributed by atoms with Crippen LogP contribution in [0.1, 0.15) is 116 Å². The lowest BCUT2D eigenvalue weighted by Crippen LogP contribution is -2.62. The van der Waals surface area contributed by atoms with E-state index in [1.165, 1.54) is 6.92 Å². The number of benzene rings is 1. The first-order valence-corrected chi connectivity index (χ1v) is 30.1. The average Bonchev–Trinajstić information content (AvgIpc) is 4.26. The zero-order valence-electron chi connectivity index (χ0n) is 48.2. The van der Waals surface area contributed by atoms with E-state index in [-0.39, 0.29) is 35.4 Å². The molecule has 0 saturated carbocycles. The summed E-state index contributed by atoms with van der Waals surface area (Å²) >= 11 is 0. The molecule has 1 fully saturated rings. The molecule has 29 heteroatoms. The number of fused-ring (bicyclic) bond motifs is 5. The number of H-pyrrole nitrogens is 1. The normalized spacial score (nSPS) is 25.4. The molecule has 9 amide bonds. The number of carbonyl (C=O) groups excluding carboxylic acids is 10. The van der Waals surface area contributed by atoms with Crippen molar-refractivity contribution in [1.29, 1.82) is 0 Å². The molecule has 84 heavy (non-hydrogen) atoms. The van der Waals surface area contributed by atoms with Crippen LogP contribution in [0.2, 0.25) is 0 Å². The lowest BCUT2D eigenvalue weighted by Gasteiger charge is -2.36. The molecule has 5 rings (SSSR count). The molecule has 0 aliphatic carbocycles.